The summed E-state index contributed by atoms with van der Waals surface area (Å²) in [5.41, 5.74) is 1.47. The zero-order valence-corrected chi connectivity index (χ0v) is 13.3. The van der Waals surface area contributed by atoms with E-state index in [0.717, 1.165) is 12.0 Å². The lowest BCUT2D eigenvalue weighted by atomic mass is 10.0. The summed E-state index contributed by atoms with van der Waals surface area (Å²) in [5, 5.41) is 0. The molecule has 0 amide bonds. The van der Waals surface area contributed by atoms with Gasteiger partial charge in [0.05, 0.1) is 0 Å². The second-order valence-corrected chi connectivity index (χ2v) is 5.45. The van der Waals surface area contributed by atoms with Crippen LogP contribution in [0, 0.1) is 12.3 Å². The van der Waals surface area contributed by atoms with E-state index < -0.39 is 17.7 Å². The van der Waals surface area contributed by atoms with Crippen LogP contribution < -0.4 is 4.74 Å². The Hall–Kier alpha value is -2.74. The van der Waals surface area contributed by atoms with E-state index in [1.165, 1.54) is 19.9 Å². The number of cyclic esters (lactones) is 2. The predicted molar refractivity (Wildman–Crippen MR) is 84.4 cm³/mol. The number of ether oxygens (including phenoxy) is 3. The monoisotopic (exact) mass is 314 g/mol. The number of hydrogen-bond acceptors (Lipinski definition) is 5. The van der Waals surface area contributed by atoms with Crippen LogP contribution in [0.5, 0.6) is 5.75 Å². The third-order valence-electron chi connectivity index (χ3n) is 3.20. The van der Waals surface area contributed by atoms with Gasteiger partial charge in [-0.25, -0.2) is 9.59 Å². The number of rotatable bonds is 4. The maximum absolute atomic E-state index is 11.9. The maximum Gasteiger partial charge on any atom is 0.348 e. The molecule has 1 aliphatic rings. The molecule has 1 heterocycles. The van der Waals surface area contributed by atoms with Crippen LogP contribution in [0.15, 0.2) is 23.8 Å². The normalized spacial score (nSPS) is 16.2. The molecule has 23 heavy (non-hydrogen) atoms. The van der Waals surface area contributed by atoms with Crippen LogP contribution in [0.1, 0.15) is 31.9 Å². The summed E-state index contributed by atoms with van der Waals surface area (Å²) in [7, 11) is 0. The second kappa shape index (κ2) is 6.57. The lowest BCUT2D eigenvalue weighted by Crippen LogP contribution is -2.41. The maximum atomic E-state index is 11.9. The van der Waals surface area contributed by atoms with Gasteiger partial charge in [-0.15, -0.1) is 6.42 Å². The molecule has 5 nitrogen and oxygen atoms in total. The zero-order chi connectivity index (χ0) is 17.0. The van der Waals surface area contributed by atoms with Gasteiger partial charge < -0.3 is 14.2 Å². The molecule has 1 aromatic carbocycles. The number of carbonyl (C=O) groups excluding carboxylic acids is 2. The molecule has 0 radical (unpaired) electrons. The predicted octanol–water partition coefficient (Wildman–Crippen LogP) is 2.48. The Kier molecular flexibility index (Phi) is 4.75. The molecule has 5 heteroatoms. The smallest absolute Gasteiger partial charge is 0.348 e. The minimum Gasteiger partial charge on any atom is -0.481 e. The summed E-state index contributed by atoms with van der Waals surface area (Å²) in [6, 6.07) is 5.32. The van der Waals surface area contributed by atoms with Gasteiger partial charge in [-0.05, 0) is 35.8 Å². The molecule has 0 saturated carbocycles. The molecule has 0 spiro atoms. The van der Waals surface area contributed by atoms with Gasteiger partial charge in [-0.1, -0.05) is 18.9 Å². The Labute approximate surface area is 135 Å². The van der Waals surface area contributed by atoms with Crippen molar-refractivity contribution in [3.05, 3.63) is 34.9 Å². The molecule has 0 aliphatic carbocycles. The first-order valence-electron chi connectivity index (χ1n) is 7.24. The number of carbonyl (C=O) groups is 2. The van der Waals surface area contributed by atoms with Gasteiger partial charge in [0.25, 0.3) is 5.79 Å². The molecule has 0 bridgehead atoms. The molecule has 1 saturated heterocycles. The Bertz CT molecular complexity index is 685. The van der Waals surface area contributed by atoms with Crippen molar-refractivity contribution in [3.8, 4) is 18.1 Å². The van der Waals surface area contributed by atoms with Crippen molar-refractivity contribution in [3.63, 3.8) is 0 Å². The Morgan fingerprint density at radius 3 is 2.48 bits per heavy atom. The minimum absolute atomic E-state index is 0.135. The lowest BCUT2D eigenvalue weighted by molar-refractivity contribution is -0.222. The fraction of sp³-hybridized carbons (Fsp3) is 0.333. The molecule has 0 N–H and O–H groups in total. The fourth-order valence-electron chi connectivity index (χ4n) is 2.17. The summed E-state index contributed by atoms with van der Waals surface area (Å²) in [6.07, 6.45) is 7.36. The molecule has 1 aliphatic heterocycles. The Balaban J connectivity index is 2.30. The van der Waals surface area contributed by atoms with Crippen molar-refractivity contribution in [2.45, 2.75) is 33.0 Å². The first-order valence-corrected chi connectivity index (χ1v) is 7.24. The van der Waals surface area contributed by atoms with E-state index in [9.17, 15) is 9.59 Å². The van der Waals surface area contributed by atoms with E-state index in [1.807, 2.05) is 13.0 Å². The highest BCUT2D eigenvalue weighted by molar-refractivity contribution is 6.18. The number of terminal acetylenes is 1. The van der Waals surface area contributed by atoms with E-state index in [4.69, 9.17) is 20.6 Å². The van der Waals surface area contributed by atoms with Gasteiger partial charge in [0.15, 0.2) is 0 Å². The summed E-state index contributed by atoms with van der Waals surface area (Å²) in [4.78, 5) is 23.9. The van der Waals surface area contributed by atoms with Gasteiger partial charge in [0.2, 0.25) is 0 Å². The highest BCUT2D eigenvalue weighted by Gasteiger charge is 2.38. The van der Waals surface area contributed by atoms with E-state index in [1.54, 1.807) is 12.1 Å². The quantitative estimate of drug-likeness (QED) is 0.370. The van der Waals surface area contributed by atoms with Crippen molar-refractivity contribution >= 4 is 18.0 Å². The highest BCUT2D eigenvalue weighted by atomic mass is 16.7. The van der Waals surface area contributed by atoms with Gasteiger partial charge in [-0.2, -0.15) is 0 Å². The van der Waals surface area contributed by atoms with Crippen molar-refractivity contribution in [1.29, 1.82) is 0 Å². The number of hydrogen-bond donors (Lipinski definition) is 0. The molecule has 1 aromatic rings. The number of aryl methyl sites for hydroxylation is 1. The van der Waals surface area contributed by atoms with Crippen molar-refractivity contribution in [2.24, 2.45) is 0 Å². The Morgan fingerprint density at radius 2 is 1.91 bits per heavy atom. The summed E-state index contributed by atoms with van der Waals surface area (Å²) < 4.78 is 15.6. The third-order valence-corrected chi connectivity index (χ3v) is 3.20. The fourth-order valence-corrected chi connectivity index (χ4v) is 2.17. The highest BCUT2D eigenvalue weighted by Crippen LogP contribution is 2.26. The molecule has 0 atom stereocenters. The molecular weight excluding hydrogens is 296 g/mol. The lowest BCUT2D eigenvalue weighted by Gasteiger charge is -2.29. The van der Waals surface area contributed by atoms with Crippen LogP contribution in [0.25, 0.3) is 6.08 Å². The van der Waals surface area contributed by atoms with Crippen LogP contribution >= 0.6 is 0 Å². The molecule has 0 aromatic heterocycles. The molecule has 2 rings (SSSR count). The average molecular weight is 314 g/mol. The SMILES string of the molecule is C#CCOc1ccc(C=C2C(=O)OC(C)(C)OC2=O)cc1CC. The van der Waals surface area contributed by atoms with Crippen molar-refractivity contribution in [1.82, 2.24) is 0 Å². The first kappa shape index (κ1) is 16.6. The largest absolute Gasteiger partial charge is 0.481 e. The van der Waals surface area contributed by atoms with Gasteiger partial charge in [0, 0.05) is 13.8 Å². The summed E-state index contributed by atoms with van der Waals surface area (Å²) in [5.74, 6) is 0.456. The van der Waals surface area contributed by atoms with Crippen molar-refractivity contribution < 1.29 is 23.8 Å². The van der Waals surface area contributed by atoms with Gasteiger partial charge >= 0.3 is 11.9 Å². The van der Waals surface area contributed by atoms with Gasteiger partial charge in [-0.3, -0.25) is 0 Å². The zero-order valence-electron chi connectivity index (χ0n) is 13.3. The molecular formula is C18H18O5. The molecule has 0 unspecified atom stereocenters. The van der Waals surface area contributed by atoms with Crippen LogP contribution in [0.3, 0.4) is 0 Å². The van der Waals surface area contributed by atoms with Crippen LogP contribution in [0.2, 0.25) is 0 Å². The number of esters is 2. The van der Waals surface area contributed by atoms with Crippen LogP contribution in [-0.2, 0) is 25.5 Å². The Morgan fingerprint density at radius 1 is 1.26 bits per heavy atom. The second-order valence-electron chi connectivity index (χ2n) is 5.45. The van der Waals surface area contributed by atoms with Crippen LogP contribution in [0.4, 0.5) is 0 Å². The van der Waals surface area contributed by atoms with Crippen LogP contribution in [-0.4, -0.2) is 24.3 Å². The summed E-state index contributed by atoms with van der Waals surface area (Å²) >= 11 is 0. The van der Waals surface area contributed by atoms with E-state index in [0.29, 0.717) is 11.3 Å². The standard InChI is InChI=1S/C18H18O5/c1-5-9-21-15-8-7-12(10-13(15)6-2)11-14-16(19)22-18(3,4)23-17(14)20/h1,7-8,10-11H,6,9H2,2-4H3. The van der Waals surface area contributed by atoms with Crippen molar-refractivity contribution in [2.75, 3.05) is 6.61 Å². The minimum atomic E-state index is -1.24. The van der Waals surface area contributed by atoms with E-state index in [-0.39, 0.29) is 12.2 Å². The van der Waals surface area contributed by atoms with Gasteiger partial charge in [0.1, 0.15) is 17.9 Å². The molecule has 120 valence electrons. The third kappa shape index (κ3) is 3.92. The first-order chi connectivity index (χ1) is 10.9. The number of benzene rings is 1. The molecule has 1 fully saturated rings. The van der Waals surface area contributed by atoms with E-state index in [2.05, 4.69) is 5.92 Å². The van der Waals surface area contributed by atoms with E-state index >= 15 is 0 Å². The topological polar surface area (TPSA) is 61.8 Å². The average Bonchev–Trinajstić information content (AvgIpc) is 2.48. The summed E-state index contributed by atoms with van der Waals surface area (Å²) in [6.45, 7) is 5.17.